The van der Waals surface area contributed by atoms with Gasteiger partial charge in [-0.2, -0.15) is 0 Å². The molecule has 2 heteroatoms. The summed E-state index contributed by atoms with van der Waals surface area (Å²) >= 11 is 0. The van der Waals surface area contributed by atoms with Gasteiger partial charge in [-0.15, -0.1) is 0 Å². The zero-order chi connectivity index (χ0) is 7.56. The van der Waals surface area contributed by atoms with Crippen molar-refractivity contribution < 1.29 is 4.79 Å². The summed E-state index contributed by atoms with van der Waals surface area (Å²) in [5.74, 6) is 1.54. The number of hydrogen-bond acceptors (Lipinski definition) is 2. The van der Waals surface area contributed by atoms with Crippen LogP contribution in [0.5, 0.6) is 0 Å². The molecule has 0 amide bonds. The zero-order valence-corrected chi connectivity index (χ0v) is 6.50. The van der Waals surface area contributed by atoms with Gasteiger partial charge in [0, 0.05) is 0 Å². The zero-order valence-electron chi connectivity index (χ0n) is 6.50. The van der Waals surface area contributed by atoms with Gasteiger partial charge in [-0.05, 0) is 24.7 Å². The molecule has 0 bridgehead atoms. The van der Waals surface area contributed by atoms with Gasteiger partial charge in [0.1, 0.15) is 0 Å². The Hall–Kier alpha value is -0.620. The Morgan fingerprint density at radius 2 is 2.10 bits per heavy atom. The lowest BCUT2D eigenvalue weighted by Gasteiger charge is -2.34. The highest BCUT2D eigenvalue weighted by Gasteiger charge is 2.30. The summed E-state index contributed by atoms with van der Waals surface area (Å²) in [5, 5.41) is 0. The molecule has 0 unspecified atom stereocenters. The molecular weight excluding hydrogens is 126 g/mol. The van der Waals surface area contributed by atoms with Gasteiger partial charge in [-0.3, -0.25) is 0 Å². The van der Waals surface area contributed by atoms with E-state index in [2.05, 4.69) is 18.8 Å². The van der Waals surface area contributed by atoms with Crippen LogP contribution in [0.1, 0.15) is 26.7 Å². The Bertz CT molecular complexity index is 153. The minimum absolute atomic E-state index is 0.296. The number of aliphatic imine (C=N–C) groups is 1. The summed E-state index contributed by atoms with van der Waals surface area (Å²) < 4.78 is 0. The molecule has 56 valence electrons. The highest BCUT2D eigenvalue weighted by molar-refractivity contribution is 5.33. The molecule has 0 N–H and O–H groups in total. The van der Waals surface area contributed by atoms with Gasteiger partial charge >= 0.3 is 0 Å². The standard InChI is InChI=1S/C8H13NO/c1-6(2)7-3-8(4-7)9-5-10/h6-8H,3-4H2,1-2H3. The molecule has 0 heterocycles. The Morgan fingerprint density at radius 3 is 2.50 bits per heavy atom. The van der Waals surface area contributed by atoms with Crippen molar-refractivity contribution in [2.75, 3.05) is 0 Å². The van der Waals surface area contributed by atoms with Crippen LogP contribution < -0.4 is 0 Å². The Kier molecular flexibility index (Phi) is 2.23. The topological polar surface area (TPSA) is 29.4 Å². The summed E-state index contributed by atoms with van der Waals surface area (Å²) in [5.41, 5.74) is 0. The van der Waals surface area contributed by atoms with Crippen LogP contribution in [0.4, 0.5) is 0 Å². The van der Waals surface area contributed by atoms with Crippen molar-refractivity contribution in [3.63, 3.8) is 0 Å². The van der Waals surface area contributed by atoms with E-state index in [0.29, 0.717) is 6.04 Å². The summed E-state index contributed by atoms with van der Waals surface area (Å²) in [4.78, 5) is 13.4. The highest BCUT2D eigenvalue weighted by Crippen LogP contribution is 2.35. The van der Waals surface area contributed by atoms with Gasteiger partial charge in [0.05, 0.1) is 6.04 Å². The molecule has 2 nitrogen and oxygen atoms in total. The number of hydrogen-bond donors (Lipinski definition) is 0. The molecule has 0 atom stereocenters. The lowest BCUT2D eigenvalue weighted by Crippen LogP contribution is -2.30. The van der Waals surface area contributed by atoms with Gasteiger partial charge in [0.25, 0.3) is 0 Å². The second-order valence-corrected chi connectivity index (χ2v) is 3.35. The molecule has 0 aromatic carbocycles. The van der Waals surface area contributed by atoms with E-state index in [1.165, 1.54) is 0 Å². The van der Waals surface area contributed by atoms with Gasteiger partial charge in [-0.25, -0.2) is 9.79 Å². The van der Waals surface area contributed by atoms with Gasteiger partial charge in [0.2, 0.25) is 6.08 Å². The maximum absolute atomic E-state index is 9.79. The average Bonchev–Trinajstić information content (AvgIpc) is 1.76. The van der Waals surface area contributed by atoms with Crippen LogP contribution in [-0.2, 0) is 4.79 Å². The molecule has 1 fully saturated rings. The monoisotopic (exact) mass is 139 g/mol. The van der Waals surface area contributed by atoms with Crippen molar-refractivity contribution in [3.8, 4) is 0 Å². The first-order valence-electron chi connectivity index (χ1n) is 3.81. The maximum atomic E-state index is 9.79. The van der Waals surface area contributed by atoms with E-state index < -0.39 is 0 Å². The van der Waals surface area contributed by atoms with E-state index >= 15 is 0 Å². The predicted molar refractivity (Wildman–Crippen MR) is 39.5 cm³/mol. The first kappa shape index (κ1) is 7.49. The second-order valence-electron chi connectivity index (χ2n) is 3.35. The van der Waals surface area contributed by atoms with Crippen molar-refractivity contribution in [1.82, 2.24) is 0 Å². The summed E-state index contributed by atoms with van der Waals surface area (Å²) in [6, 6.07) is 0.296. The van der Waals surface area contributed by atoms with Crippen molar-refractivity contribution in [2.24, 2.45) is 16.8 Å². The maximum Gasteiger partial charge on any atom is 0.235 e. The van der Waals surface area contributed by atoms with Crippen LogP contribution in [-0.4, -0.2) is 12.1 Å². The van der Waals surface area contributed by atoms with E-state index in [0.717, 1.165) is 24.7 Å². The fraction of sp³-hybridized carbons (Fsp3) is 0.875. The van der Waals surface area contributed by atoms with Crippen LogP contribution in [0.25, 0.3) is 0 Å². The van der Waals surface area contributed by atoms with Gasteiger partial charge in [0.15, 0.2) is 0 Å². The van der Waals surface area contributed by atoms with Crippen molar-refractivity contribution >= 4 is 6.08 Å². The van der Waals surface area contributed by atoms with Gasteiger partial charge < -0.3 is 0 Å². The minimum Gasteiger partial charge on any atom is -0.211 e. The summed E-state index contributed by atoms with van der Waals surface area (Å²) in [6.45, 7) is 4.43. The van der Waals surface area contributed by atoms with E-state index in [1.807, 2.05) is 0 Å². The molecule has 0 saturated heterocycles. The number of carbonyl (C=O) groups excluding carboxylic acids is 1. The third kappa shape index (κ3) is 1.45. The highest BCUT2D eigenvalue weighted by atomic mass is 16.1. The van der Waals surface area contributed by atoms with Crippen LogP contribution in [0.15, 0.2) is 4.99 Å². The molecule has 0 aliphatic heterocycles. The smallest absolute Gasteiger partial charge is 0.211 e. The average molecular weight is 139 g/mol. The molecule has 1 rings (SSSR count). The fourth-order valence-electron chi connectivity index (χ4n) is 1.35. The van der Waals surface area contributed by atoms with Crippen molar-refractivity contribution in [3.05, 3.63) is 0 Å². The molecule has 0 aromatic rings. The molecule has 1 saturated carbocycles. The van der Waals surface area contributed by atoms with Crippen LogP contribution in [0, 0.1) is 11.8 Å². The van der Waals surface area contributed by atoms with Gasteiger partial charge in [-0.1, -0.05) is 13.8 Å². The molecule has 0 spiro atoms. The number of nitrogens with zero attached hydrogens (tertiary/aromatic N) is 1. The van der Waals surface area contributed by atoms with E-state index in [4.69, 9.17) is 0 Å². The van der Waals surface area contributed by atoms with Crippen LogP contribution >= 0.6 is 0 Å². The predicted octanol–water partition coefficient (Wildman–Crippen LogP) is 1.76. The SMILES string of the molecule is CC(C)C1CC(N=C=O)C1. The molecule has 10 heavy (non-hydrogen) atoms. The first-order chi connectivity index (χ1) is 4.74. The van der Waals surface area contributed by atoms with Crippen LogP contribution in [0.3, 0.4) is 0 Å². The Morgan fingerprint density at radius 1 is 1.50 bits per heavy atom. The van der Waals surface area contributed by atoms with E-state index in [-0.39, 0.29) is 0 Å². The lowest BCUT2D eigenvalue weighted by molar-refractivity contribution is 0.200. The molecule has 1 aliphatic carbocycles. The summed E-state index contributed by atoms with van der Waals surface area (Å²) in [6.07, 6.45) is 3.78. The summed E-state index contributed by atoms with van der Waals surface area (Å²) in [7, 11) is 0. The molecule has 0 radical (unpaired) electrons. The van der Waals surface area contributed by atoms with Crippen molar-refractivity contribution in [2.45, 2.75) is 32.7 Å². The fourth-order valence-corrected chi connectivity index (χ4v) is 1.35. The third-order valence-electron chi connectivity index (χ3n) is 2.33. The Balaban J connectivity index is 2.24. The molecule has 0 aromatic heterocycles. The quantitative estimate of drug-likeness (QED) is 0.423. The Labute approximate surface area is 61.3 Å². The minimum atomic E-state index is 0.296. The van der Waals surface area contributed by atoms with E-state index in [9.17, 15) is 4.79 Å². The molecular formula is C8H13NO. The van der Waals surface area contributed by atoms with Crippen molar-refractivity contribution in [1.29, 1.82) is 0 Å². The lowest BCUT2D eigenvalue weighted by atomic mass is 9.74. The molecule has 1 aliphatic rings. The first-order valence-corrected chi connectivity index (χ1v) is 3.81. The number of rotatable bonds is 2. The van der Waals surface area contributed by atoms with E-state index in [1.54, 1.807) is 6.08 Å². The van der Waals surface area contributed by atoms with Crippen LogP contribution in [0.2, 0.25) is 0 Å². The number of isocyanates is 1. The normalized spacial score (nSPS) is 31.1. The third-order valence-corrected chi connectivity index (χ3v) is 2.33. The second kappa shape index (κ2) is 2.98. The largest absolute Gasteiger partial charge is 0.235 e.